The van der Waals surface area contributed by atoms with Gasteiger partial charge in [0.2, 0.25) is 0 Å². The first-order valence-corrected chi connectivity index (χ1v) is 8.93. The van der Waals surface area contributed by atoms with Crippen molar-refractivity contribution in [1.82, 2.24) is 4.90 Å². The molecule has 3 aromatic carbocycles. The predicted octanol–water partition coefficient (Wildman–Crippen LogP) is 5.15. The highest BCUT2D eigenvalue weighted by Crippen LogP contribution is 2.32. The van der Waals surface area contributed by atoms with Gasteiger partial charge >= 0.3 is 0 Å². The average molecular weight is 346 g/mol. The lowest BCUT2D eigenvalue weighted by molar-refractivity contribution is 0.380. The zero-order valence-electron chi connectivity index (χ0n) is 15.6. The van der Waals surface area contributed by atoms with Crippen molar-refractivity contribution in [3.63, 3.8) is 0 Å². The zero-order valence-corrected chi connectivity index (χ0v) is 15.6. The molecule has 0 heterocycles. The molecule has 0 radical (unpaired) electrons. The number of rotatable bonds is 6. The normalized spacial score (nSPS) is 12.2. The second-order valence-electron chi connectivity index (χ2n) is 6.91. The zero-order chi connectivity index (χ0) is 18.5. The number of anilines is 2. The van der Waals surface area contributed by atoms with Crippen molar-refractivity contribution in [2.75, 3.05) is 25.5 Å². The third-order valence-corrected chi connectivity index (χ3v) is 4.43. The van der Waals surface area contributed by atoms with Crippen LogP contribution >= 0.6 is 0 Å². The molecule has 0 aliphatic heterocycles. The summed E-state index contributed by atoms with van der Waals surface area (Å²) in [6, 6.07) is 26.7. The molecule has 3 aromatic rings. The van der Waals surface area contributed by atoms with Crippen LogP contribution in [0.25, 0.3) is 11.1 Å². The lowest BCUT2D eigenvalue weighted by atomic mass is 10.0. The van der Waals surface area contributed by atoms with Gasteiger partial charge in [0.15, 0.2) is 0 Å². The van der Waals surface area contributed by atoms with Crippen LogP contribution < -0.4 is 4.90 Å². The maximum atomic E-state index is 9.93. The maximum Gasteiger partial charge on any atom is 0.117 e. The minimum atomic E-state index is 0.259. The number of hydrogen-bond donors (Lipinski definition) is 1. The molecule has 1 atom stereocenters. The summed E-state index contributed by atoms with van der Waals surface area (Å²) in [7, 11) is 4.16. The van der Waals surface area contributed by atoms with Crippen LogP contribution in [0.1, 0.15) is 6.92 Å². The van der Waals surface area contributed by atoms with Crippen LogP contribution in [0.3, 0.4) is 0 Å². The van der Waals surface area contributed by atoms with E-state index in [2.05, 4.69) is 79.3 Å². The van der Waals surface area contributed by atoms with Crippen molar-refractivity contribution in [2.45, 2.75) is 13.0 Å². The van der Waals surface area contributed by atoms with Crippen molar-refractivity contribution >= 4 is 11.4 Å². The largest absolute Gasteiger partial charge is 0.508 e. The third-order valence-electron chi connectivity index (χ3n) is 4.43. The lowest BCUT2D eigenvalue weighted by Gasteiger charge is -2.33. The van der Waals surface area contributed by atoms with Gasteiger partial charge in [0.05, 0.1) is 0 Å². The van der Waals surface area contributed by atoms with Crippen molar-refractivity contribution < 1.29 is 5.11 Å². The average Bonchev–Trinajstić information content (AvgIpc) is 2.63. The molecular formula is C23H26N2O. The second-order valence-corrected chi connectivity index (χ2v) is 6.91. The van der Waals surface area contributed by atoms with Gasteiger partial charge in [-0.1, -0.05) is 48.5 Å². The maximum absolute atomic E-state index is 9.93. The number of phenolic OH excluding ortho intramolecular Hbond substituents is 1. The number of hydrogen-bond acceptors (Lipinski definition) is 3. The monoisotopic (exact) mass is 346 g/mol. The van der Waals surface area contributed by atoms with E-state index in [1.54, 1.807) is 6.07 Å². The van der Waals surface area contributed by atoms with E-state index in [1.807, 2.05) is 24.3 Å². The molecule has 0 bridgehead atoms. The standard InChI is InChI=1S/C23H26N2O/c1-18(17-24(2)3)25(22-10-7-11-23(26)16-22)21-14-12-20(13-15-21)19-8-5-4-6-9-19/h4-16,18,26H,17H2,1-3H3. The summed E-state index contributed by atoms with van der Waals surface area (Å²) in [5.41, 5.74) is 4.52. The second kappa shape index (κ2) is 8.07. The van der Waals surface area contributed by atoms with Crippen LogP contribution in [0.4, 0.5) is 11.4 Å². The lowest BCUT2D eigenvalue weighted by Crippen LogP contribution is -2.37. The quantitative estimate of drug-likeness (QED) is 0.669. The van der Waals surface area contributed by atoms with Gasteiger partial charge < -0.3 is 14.9 Å². The van der Waals surface area contributed by atoms with E-state index in [9.17, 15) is 5.11 Å². The molecule has 0 fully saturated rings. The van der Waals surface area contributed by atoms with Gasteiger partial charge in [0, 0.05) is 30.0 Å². The molecule has 3 rings (SSSR count). The number of likely N-dealkylation sites (N-methyl/N-ethyl adjacent to an activating group) is 1. The Labute approximate surface area is 156 Å². The number of nitrogens with zero attached hydrogens (tertiary/aromatic N) is 2. The number of benzene rings is 3. The Balaban J connectivity index is 1.96. The van der Waals surface area contributed by atoms with E-state index < -0.39 is 0 Å². The topological polar surface area (TPSA) is 26.7 Å². The molecule has 3 heteroatoms. The number of aromatic hydroxyl groups is 1. The first kappa shape index (κ1) is 18.0. The first-order chi connectivity index (χ1) is 12.5. The molecule has 1 N–H and O–H groups in total. The fraction of sp³-hybridized carbons (Fsp3) is 0.217. The van der Waals surface area contributed by atoms with Crippen molar-refractivity contribution in [2.24, 2.45) is 0 Å². The van der Waals surface area contributed by atoms with E-state index in [0.29, 0.717) is 0 Å². The fourth-order valence-corrected chi connectivity index (χ4v) is 3.36. The van der Waals surface area contributed by atoms with Gasteiger partial charge in [-0.25, -0.2) is 0 Å². The highest BCUT2D eigenvalue weighted by Gasteiger charge is 2.18. The van der Waals surface area contributed by atoms with Crippen molar-refractivity contribution in [1.29, 1.82) is 0 Å². The van der Waals surface area contributed by atoms with E-state index >= 15 is 0 Å². The van der Waals surface area contributed by atoms with Crippen LogP contribution in [-0.2, 0) is 0 Å². The van der Waals surface area contributed by atoms with Crippen LogP contribution in [0.2, 0.25) is 0 Å². The van der Waals surface area contributed by atoms with E-state index in [1.165, 1.54) is 11.1 Å². The highest BCUT2D eigenvalue weighted by molar-refractivity contribution is 5.70. The van der Waals surface area contributed by atoms with Gasteiger partial charge in [-0.3, -0.25) is 0 Å². The highest BCUT2D eigenvalue weighted by atomic mass is 16.3. The van der Waals surface area contributed by atoms with Gasteiger partial charge in [-0.2, -0.15) is 0 Å². The van der Waals surface area contributed by atoms with Crippen LogP contribution in [-0.4, -0.2) is 36.7 Å². The molecule has 3 nitrogen and oxygen atoms in total. The molecule has 0 aliphatic rings. The third kappa shape index (κ3) is 4.24. The van der Waals surface area contributed by atoms with Crippen LogP contribution in [0.15, 0.2) is 78.9 Å². The Morgan fingerprint density at radius 3 is 2.04 bits per heavy atom. The van der Waals surface area contributed by atoms with Crippen molar-refractivity contribution in [3.8, 4) is 16.9 Å². The van der Waals surface area contributed by atoms with Gasteiger partial charge in [0.25, 0.3) is 0 Å². The smallest absolute Gasteiger partial charge is 0.117 e. The van der Waals surface area contributed by atoms with Gasteiger partial charge in [-0.15, -0.1) is 0 Å². The predicted molar refractivity (Wildman–Crippen MR) is 110 cm³/mol. The minimum Gasteiger partial charge on any atom is -0.508 e. The Morgan fingerprint density at radius 1 is 0.769 bits per heavy atom. The molecule has 0 spiro atoms. The summed E-state index contributed by atoms with van der Waals surface area (Å²) < 4.78 is 0. The molecule has 0 saturated heterocycles. The number of phenols is 1. The van der Waals surface area contributed by atoms with Gasteiger partial charge in [0.1, 0.15) is 5.75 Å². The molecule has 0 amide bonds. The summed E-state index contributed by atoms with van der Waals surface area (Å²) in [6.07, 6.45) is 0. The summed E-state index contributed by atoms with van der Waals surface area (Å²) in [6.45, 7) is 3.12. The van der Waals surface area contributed by atoms with Gasteiger partial charge in [-0.05, 0) is 56.4 Å². The summed E-state index contributed by atoms with van der Waals surface area (Å²) in [5.74, 6) is 0.283. The SMILES string of the molecule is CC(CN(C)C)N(c1ccc(-c2ccccc2)cc1)c1cccc(O)c1. The molecule has 134 valence electrons. The molecule has 1 unspecified atom stereocenters. The van der Waals surface area contributed by atoms with Crippen LogP contribution in [0, 0.1) is 0 Å². The molecule has 0 aromatic heterocycles. The molecule has 0 aliphatic carbocycles. The molecular weight excluding hydrogens is 320 g/mol. The van der Waals surface area contributed by atoms with Crippen LogP contribution in [0.5, 0.6) is 5.75 Å². The fourth-order valence-electron chi connectivity index (χ4n) is 3.36. The van der Waals surface area contributed by atoms with E-state index in [0.717, 1.165) is 17.9 Å². The minimum absolute atomic E-state index is 0.259. The summed E-state index contributed by atoms with van der Waals surface area (Å²) in [5, 5.41) is 9.93. The first-order valence-electron chi connectivity index (χ1n) is 8.93. The Bertz CT molecular complexity index is 828. The van der Waals surface area contributed by atoms with Crippen molar-refractivity contribution in [3.05, 3.63) is 78.9 Å². The summed E-state index contributed by atoms with van der Waals surface area (Å²) in [4.78, 5) is 4.45. The molecule has 26 heavy (non-hydrogen) atoms. The Morgan fingerprint density at radius 2 is 1.42 bits per heavy atom. The van der Waals surface area contributed by atoms with E-state index in [4.69, 9.17) is 0 Å². The Hall–Kier alpha value is -2.78. The van der Waals surface area contributed by atoms with E-state index in [-0.39, 0.29) is 11.8 Å². The molecule has 0 saturated carbocycles. The summed E-state index contributed by atoms with van der Waals surface area (Å²) >= 11 is 0. The Kier molecular flexibility index (Phi) is 5.59.